The third kappa shape index (κ3) is 5.27. The SMILES string of the molecule is CC1(C)c2cc(C3CCN(C(=O)C45CC(CN6CCC7(CC6)COc6c7ccc7c6CN([C@H]6CCC(=O)NC6=O)C7=O)(C4)C5)CC3)ccc2-n2c1nc(=O)c1c(Cl)cccc12. The summed E-state index contributed by atoms with van der Waals surface area (Å²) in [5.41, 5.74) is 6.16. The molecule has 3 saturated carbocycles. The monoisotopic (exact) mass is 840 g/mol. The quantitative estimate of drug-likeness (QED) is 0.252. The van der Waals surface area contributed by atoms with Gasteiger partial charge in [0.2, 0.25) is 17.7 Å². The van der Waals surface area contributed by atoms with Gasteiger partial charge in [0, 0.05) is 48.2 Å². The largest absolute Gasteiger partial charge is 0.492 e. The molecule has 7 heterocycles. The molecule has 3 saturated heterocycles. The van der Waals surface area contributed by atoms with Crippen molar-refractivity contribution in [2.75, 3.05) is 39.3 Å². The molecular formula is C48H49ClN6O6. The van der Waals surface area contributed by atoms with Crippen LogP contribution in [0.5, 0.6) is 5.75 Å². The first-order chi connectivity index (χ1) is 29.3. The van der Waals surface area contributed by atoms with E-state index in [0.717, 1.165) is 112 Å². The van der Waals surface area contributed by atoms with Gasteiger partial charge in [0.05, 0.1) is 45.6 Å². The Hall–Kier alpha value is -5.07. The van der Waals surface area contributed by atoms with E-state index in [-0.39, 0.29) is 40.0 Å². The summed E-state index contributed by atoms with van der Waals surface area (Å²) in [6, 6.07) is 15.6. The average molecular weight is 841 g/mol. The number of ether oxygens (including phenoxy) is 1. The number of halogens is 1. The Morgan fingerprint density at radius 2 is 1.70 bits per heavy atom. The highest BCUT2D eigenvalue weighted by Gasteiger charge is 2.72. The van der Waals surface area contributed by atoms with Gasteiger partial charge >= 0.3 is 0 Å². The van der Waals surface area contributed by atoms with Crippen molar-refractivity contribution in [3.63, 3.8) is 0 Å². The van der Waals surface area contributed by atoms with E-state index in [0.29, 0.717) is 47.4 Å². The number of benzene rings is 3. The lowest BCUT2D eigenvalue weighted by molar-refractivity contribution is -0.223. The smallest absolute Gasteiger partial charge is 0.282 e. The van der Waals surface area contributed by atoms with Gasteiger partial charge in [-0.2, -0.15) is 4.98 Å². The molecule has 13 heteroatoms. The highest BCUT2D eigenvalue weighted by molar-refractivity contribution is 6.35. The number of amides is 4. The van der Waals surface area contributed by atoms with Crippen LogP contribution < -0.4 is 15.6 Å². The van der Waals surface area contributed by atoms with Crippen molar-refractivity contribution >= 4 is 46.1 Å². The summed E-state index contributed by atoms with van der Waals surface area (Å²) >= 11 is 6.48. The van der Waals surface area contributed by atoms with Crippen molar-refractivity contribution in [1.29, 1.82) is 0 Å². The number of hydrogen-bond donors (Lipinski definition) is 1. The Kier molecular flexibility index (Phi) is 7.88. The molecule has 1 spiro atoms. The predicted molar refractivity (Wildman–Crippen MR) is 227 cm³/mol. The number of nitrogens with zero attached hydrogens (tertiary/aromatic N) is 5. The molecule has 13 rings (SSSR count). The second-order valence-corrected chi connectivity index (χ2v) is 20.6. The molecule has 9 aliphatic rings. The van der Waals surface area contributed by atoms with E-state index in [1.54, 1.807) is 11.0 Å². The fourth-order valence-corrected chi connectivity index (χ4v) is 13.4. The molecular weight excluding hydrogens is 792 g/mol. The summed E-state index contributed by atoms with van der Waals surface area (Å²) in [4.78, 5) is 75.8. The lowest BCUT2D eigenvalue weighted by atomic mass is 9.34. The van der Waals surface area contributed by atoms with E-state index < -0.39 is 17.4 Å². The molecule has 0 radical (unpaired) electrons. The van der Waals surface area contributed by atoms with Crippen LogP contribution in [0.15, 0.2) is 53.3 Å². The first-order valence-corrected chi connectivity index (χ1v) is 22.5. The number of piperidine rings is 3. The highest BCUT2D eigenvalue weighted by Crippen LogP contribution is 2.74. The summed E-state index contributed by atoms with van der Waals surface area (Å²) < 4.78 is 8.51. The number of rotatable bonds is 5. The van der Waals surface area contributed by atoms with E-state index in [1.165, 1.54) is 11.1 Å². The van der Waals surface area contributed by atoms with Gasteiger partial charge in [-0.05, 0) is 125 Å². The number of carbonyl (C=O) groups is 4. The molecule has 6 aliphatic heterocycles. The van der Waals surface area contributed by atoms with Crippen LogP contribution in [0.2, 0.25) is 5.02 Å². The van der Waals surface area contributed by atoms with Gasteiger partial charge in [0.25, 0.3) is 11.5 Å². The summed E-state index contributed by atoms with van der Waals surface area (Å²) in [5.74, 6) is 1.42. The maximum atomic E-state index is 14.1. The number of aromatic nitrogens is 2. The molecule has 4 amide bonds. The predicted octanol–water partition coefficient (Wildman–Crippen LogP) is 5.74. The third-order valence-corrected chi connectivity index (χ3v) is 16.6. The number of likely N-dealkylation sites (tertiary alicyclic amines) is 2. The zero-order valence-corrected chi connectivity index (χ0v) is 35.4. The third-order valence-electron chi connectivity index (χ3n) is 16.3. The Balaban J connectivity index is 0.657. The zero-order chi connectivity index (χ0) is 41.8. The van der Waals surface area contributed by atoms with Gasteiger partial charge in [-0.1, -0.05) is 35.9 Å². The van der Waals surface area contributed by atoms with E-state index in [9.17, 15) is 24.0 Å². The first kappa shape index (κ1) is 37.7. The van der Waals surface area contributed by atoms with Crippen molar-refractivity contribution in [2.45, 2.75) is 101 Å². The number of hydrogen-bond acceptors (Lipinski definition) is 8. The minimum Gasteiger partial charge on any atom is -0.492 e. The molecule has 12 nitrogen and oxygen atoms in total. The van der Waals surface area contributed by atoms with Crippen LogP contribution in [0.4, 0.5) is 0 Å². The average Bonchev–Trinajstić information content (AvgIpc) is 3.83. The van der Waals surface area contributed by atoms with Crippen molar-refractivity contribution in [3.05, 3.63) is 97.5 Å². The van der Waals surface area contributed by atoms with Gasteiger partial charge in [-0.15, -0.1) is 0 Å². The van der Waals surface area contributed by atoms with Gasteiger partial charge in [0.1, 0.15) is 17.6 Å². The molecule has 0 unspecified atom stereocenters. The maximum absolute atomic E-state index is 14.1. The van der Waals surface area contributed by atoms with Crippen LogP contribution >= 0.6 is 11.6 Å². The Labute approximate surface area is 358 Å². The van der Waals surface area contributed by atoms with E-state index >= 15 is 0 Å². The second kappa shape index (κ2) is 12.8. The van der Waals surface area contributed by atoms with Gasteiger partial charge in [-0.25, -0.2) is 0 Å². The zero-order valence-electron chi connectivity index (χ0n) is 34.7. The summed E-state index contributed by atoms with van der Waals surface area (Å²) in [6.45, 7) is 9.75. The fourth-order valence-electron chi connectivity index (χ4n) is 13.2. The fraction of sp³-hybridized carbons (Fsp3) is 0.500. The van der Waals surface area contributed by atoms with Crippen molar-refractivity contribution in [1.82, 2.24) is 29.6 Å². The van der Waals surface area contributed by atoms with Crippen LogP contribution in [0.25, 0.3) is 16.6 Å². The van der Waals surface area contributed by atoms with E-state index in [1.807, 2.05) is 18.2 Å². The Bertz CT molecular complexity index is 2710. The molecule has 314 valence electrons. The number of carbonyl (C=O) groups excluding carboxylic acids is 4. The number of imide groups is 1. The Morgan fingerprint density at radius 1 is 0.934 bits per heavy atom. The lowest BCUT2D eigenvalue weighted by Crippen LogP contribution is -2.71. The second-order valence-electron chi connectivity index (χ2n) is 20.2. The molecule has 4 aromatic rings. The van der Waals surface area contributed by atoms with E-state index in [2.05, 4.69) is 62.8 Å². The molecule has 2 bridgehead atoms. The molecule has 61 heavy (non-hydrogen) atoms. The summed E-state index contributed by atoms with van der Waals surface area (Å²) in [7, 11) is 0. The standard InChI is InChI=1S/C48H49ClN6O6/c1-45(2)32-20-28(6-9-34(32)55-35-5-3-4-33(49)38(35)41(58)51-43(45)55)27-12-16-53(17-13-27)44(60)48-22-46(23-48,24-48)25-52-18-14-47(15-19-52)26-61-39-30-21-54(36-10-11-37(56)50-40(36)57)42(59)29(30)7-8-31(39)47/h3-9,20,27,36H,10-19,21-26H2,1-2H3,(H,50,56,57)/t36-,46?,48?/m0/s1. The van der Waals surface area contributed by atoms with Gasteiger partial charge < -0.3 is 19.4 Å². The molecule has 3 aromatic carbocycles. The van der Waals surface area contributed by atoms with Gasteiger partial charge in [0.15, 0.2) is 0 Å². The van der Waals surface area contributed by atoms with Crippen molar-refractivity contribution in [3.8, 4) is 11.4 Å². The highest BCUT2D eigenvalue weighted by atomic mass is 35.5. The van der Waals surface area contributed by atoms with Crippen molar-refractivity contribution < 1.29 is 23.9 Å². The number of nitrogens with one attached hydrogen (secondary N) is 1. The lowest BCUT2D eigenvalue weighted by Gasteiger charge is -2.71. The molecule has 1 atom stereocenters. The van der Waals surface area contributed by atoms with Crippen LogP contribution in [0.3, 0.4) is 0 Å². The molecule has 1 N–H and O–H groups in total. The molecule has 6 fully saturated rings. The minimum absolute atomic E-state index is 0.0861. The van der Waals surface area contributed by atoms with Crippen LogP contribution in [-0.4, -0.2) is 93.3 Å². The first-order valence-electron chi connectivity index (χ1n) is 22.1. The van der Waals surface area contributed by atoms with E-state index in [4.69, 9.17) is 16.3 Å². The Morgan fingerprint density at radius 3 is 2.46 bits per heavy atom. The minimum atomic E-state index is -0.642. The van der Waals surface area contributed by atoms with Crippen LogP contribution in [0.1, 0.15) is 116 Å². The van der Waals surface area contributed by atoms with Crippen LogP contribution in [0, 0.1) is 10.8 Å². The summed E-state index contributed by atoms with van der Waals surface area (Å²) in [6.07, 6.45) is 7.39. The van der Waals surface area contributed by atoms with Crippen LogP contribution in [-0.2, 0) is 31.8 Å². The normalized spacial score (nSPS) is 28.2. The number of fused-ring (bicyclic) bond motifs is 9. The van der Waals surface area contributed by atoms with Gasteiger partial charge in [-0.3, -0.25) is 33.9 Å². The molecule has 1 aromatic heterocycles. The topological polar surface area (TPSA) is 134 Å². The van der Waals surface area contributed by atoms with Crippen molar-refractivity contribution in [2.24, 2.45) is 10.8 Å². The molecule has 3 aliphatic carbocycles. The maximum Gasteiger partial charge on any atom is 0.282 e. The summed E-state index contributed by atoms with van der Waals surface area (Å²) in [5, 5.41) is 3.26.